The minimum absolute atomic E-state index is 0.0623. The Labute approximate surface area is 125 Å². The molecule has 0 saturated carbocycles. The lowest BCUT2D eigenvalue weighted by molar-refractivity contribution is 1.02. The monoisotopic (exact) mass is 306 g/mol. The van der Waals surface area contributed by atoms with Gasteiger partial charge in [0.2, 0.25) is 0 Å². The molecule has 7 heteroatoms. The summed E-state index contributed by atoms with van der Waals surface area (Å²) < 4.78 is 0. The van der Waals surface area contributed by atoms with Crippen molar-refractivity contribution in [3.8, 4) is 0 Å². The quantitative estimate of drug-likeness (QED) is 0.349. The van der Waals surface area contributed by atoms with Gasteiger partial charge in [0, 0.05) is 15.8 Å². The maximum absolute atomic E-state index is 12.3. The lowest BCUT2D eigenvalue weighted by Crippen LogP contribution is -2.27. The van der Waals surface area contributed by atoms with Crippen molar-refractivity contribution in [3.05, 3.63) is 40.2 Å². The maximum atomic E-state index is 12.3. The number of thioether (sulfide) groups is 1. The third kappa shape index (κ3) is 2.83. The molecule has 2 aromatic rings. The highest BCUT2D eigenvalue weighted by Crippen LogP contribution is 2.27. The molecular formula is C13H14N4OS2. The third-order valence-corrected chi connectivity index (χ3v) is 3.70. The minimum atomic E-state index is -0.181. The van der Waals surface area contributed by atoms with Crippen LogP contribution < -0.4 is 16.7 Å². The molecule has 0 spiro atoms. The number of hydrogen-bond donors (Lipinski definition) is 3. The molecule has 0 aliphatic heterocycles. The zero-order chi connectivity index (χ0) is 14.7. The molecule has 0 unspecified atom stereocenters. The molecule has 1 heterocycles. The number of aromatic amines is 1. The number of benzene rings is 1. The molecule has 0 bridgehead atoms. The van der Waals surface area contributed by atoms with Crippen molar-refractivity contribution in [2.45, 2.75) is 11.8 Å². The normalized spacial score (nSPS) is 11.6. The molecule has 0 aliphatic carbocycles. The zero-order valence-corrected chi connectivity index (χ0v) is 12.7. The Bertz CT molecular complexity index is 752. The fourth-order valence-electron chi connectivity index (χ4n) is 1.95. The number of nitrogens with two attached hydrogens (primary N) is 1. The molecule has 5 nitrogen and oxygen atoms in total. The highest BCUT2D eigenvalue weighted by atomic mass is 32.2. The van der Waals surface area contributed by atoms with Gasteiger partial charge in [-0.3, -0.25) is 10.2 Å². The fourth-order valence-corrected chi connectivity index (χ4v) is 2.84. The van der Waals surface area contributed by atoms with Gasteiger partial charge in [-0.15, -0.1) is 11.8 Å². The number of hydrogen-bond acceptors (Lipinski definition) is 4. The summed E-state index contributed by atoms with van der Waals surface area (Å²) in [6.45, 7) is 1.74. The van der Waals surface area contributed by atoms with Gasteiger partial charge in [-0.1, -0.05) is 18.2 Å². The second-order valence-electron chi connectivity index (χ2n) is 4.08. The topological polar surface area (TPSA) is 83.3 Å². The van der Waals surface area contributed by atoms with Crippen LogP contribution in [0.2, 0.25) is 0 Å². The van der Waals surface area contributed by atoms with Gasteiger partial charge in [0.25, 0.3) is 5.56 Å². The van der Waals surface area contributed by atoms with Gasteiger partial charge in [0.1, 0.15) is 0 Å². The van der Waals surface area contributed by atoms with E-state index in [9.17, 15) is 4.79 Å². The Morgan fingerprint density at radius 3 is 2.80 bits per heavy atom. The summed E-state index contributed by atoms with van der Waals surface area (Å²) in [7, 11) is 0. The van der Waals surface area contributed by atoms with Gasteiger partial charge in [0.05, 0.1) is 11.3 Å². The Hall–Kier alpha value is -1.86. The van der Waals surface area contributed by atoms with Gasteiger partial charge < -0.3 is 10.7 Å². The first-order valence-corrected chi connectivity index (χ1v) is 7.47. The summed E-state index contributed by atoms with van der Waals surface area (Å²) in [5.74, 6) is 0. The third-order valence-electron chi connectivity index (χ3n) is 2.77. The van der Waals surface area contributed by atoms with E-state index in [1.54, 1.807) is 6.92 Å². The maximum Gasteiger partial charge on any atom is 0.258 e. The van der Waals surface area contributed by atoms with Crippen molar-refractivity contribution in [1.82, 2.24) is 10.4 Å². The lowest BCUT2D eigenvalue weighted by Gasteiger charge is -2.10. The van der Waals surface area contributed by atoms with E-state index in [-0.39, 0.29) is 10.7 Å². The minimum Gasteiger partial charge on any atom is -0.375 e. The fraction of sp³-hybridized carbons (Fsp3) is 0.154. The number of nitrogens with one attached hydrogen (secondary N) is 2. The highest BCUT2D eigenvalue weighted by Gasteiger charge is 2.14. The second kappa shape index (κ2) is 6.06. The van der Waals surface area contributed by atoms with Crippen LogP contribution in [-0.2, 0) is 0 Å². The van der Waals surface area contributed by atoms with E-state index in [0.29, 0.717) is 11.3 Å². The predicted molar refractivity (Wildman–Crippen MR) is 88.5 cm³/mol. The first-order valence-electron chi connectivity index (χ1n) is 5.83. The number of rotatable bonds is 3. The van der Waals surface area contributed by atoms with Gasteiger partial charge in [-0.2, -0.15) is 5.10 Å². The number of para-hydroxylation sites is 1. The van der Waals surface area contributed by atoms with Crippen LogP contribution in [0.5, 0.6) is 0 Å². The number of fused-ring (bicyclic) bond motifs is 1. The van der Waals surface area contributed by atoms with Crippen molar-refractivity contribution < 1.29 is 0 Å². The largest absolute Gasteiger partial charge is 0.375 e. The SMILES string of the molecule is CSc1c(C(C)=NNC(N)=S)c(=O)[nH]c2ccccc12. The summed E-state index contributed by atoms with van der Waals surface area (Å²) >= 11 is 6.21. The molecule has 0 amide bonds. The van der Waals surface area contributed by atoms with E-state index in [2.05, 4.69) is 15.5 Å². The van der Waals surface area contributed by atoms with Crippen LogP contribution in [0, 0.1) is 0 Å². The molecule has 1 aromatic carbocycles. The van der Waals surface area contributed by atoms with E-state index in [0.717, 1.165) is 15.8 Å². The highest BCUT2D eigenvalue weighted by molar-refractivity contribution is 7.99. The summed E-state index contributed by atoms with van der Waals surface area (Å²) in [4.78, 5) is 16.0. The van der Waals surface area contributed by atoms with Gasteiger partial charge in [-0.05, 0) is 31.5 Å². The number of thiocarbonyl (C=S) groups is 1. The molecule has 1 aromatic heterocycles. The van der Waals surface area contributed by atoms with Crippen molar-refractivity contribution >= 4 is 45.7 Å². The molecule has 0 atom stereocenters. The molecule has 0 aliphatic rings. The summed E-state index contributed by atoms with van der Waals surface area (Å²) in [6.07, 6.45) is 1.93. The van der Waals surface area contributed by atoms with Crippen molar-refractivity contribution in [2.24, 2.45) is 10.8 Å². The van der Waals surface area contributed by atoms with Crippen LogP contribution in [0.15, 0.2) is 39.1 Å². The van der Waals surface area contributed by atoms with Crippen molar-refractivity contribution in [2.75, 3.05) is 6.26 Å². The Balaban J connectivity index is 2.69. The van der Waals surface area contributed by atoms with Gasteiger partial charge in [0.15, 0.2) is 5.11 Å². The number of nitrogens with zero attached hydrogens (tertiary/aromatic N) is 1. The Morgan fingerprint density at radius 1 is 1.45 bits per heavy atom. The molecular weight excluding hydrogens is 292 g/mol. The average molecular weight is 306 g/mol. The summed E-state index contributed by atoms with van der Waals surface area (Å²) in [5.41, 5.74) is 9.53. The molecule has 104 valence electrons. The lowest BCUT2D eigenvalue weighted by atomic mass is 10.1. The Kier molecular flexibility index (Phi) is 4.41. The van der Waals surface area contributed by atoms with Crippen LogP contribution >= 0.6 is 24.0 Å². The van der Waals surface area contributed by atoms with Crippen molar-refractivity contribution in [3.63, 3.8) is 0 Å². The molecule has 0 fully saturated rings. The van der Waals surface area contributed by atoms with Crippen molar-refractivity contribution in [1.29, 1.82) is 0 Å². The van der Waals surface area contributed by atoms with Crippen LogP contribution in [-0.4, -0.2) is 22.1 Å². The number of pyridine rings is 1. The molecule has 0 radical (unpaired) electrons. The van der Waals surface area contributed by atoms with Crippen LogP contribution in [0.3, 0.4) is 0 Å². The standard InChI is InChI=1S/C13H14N4OS2/c1-7(16-17-13(14)19)10-11(20-2)8-5-3-4-6-9(8)15-12(10)18/h3-6H,1-2H3,(H,15,18)(H3,14,17,19). The molecule has 2 rings (SSSR count). The second-order valence-corrected chi connectivity index (χ2v) is 5.34. The summed E-state index contributed by atoms with van der Waals surface area (Å²) in [5, 5.41) is 5.09. The molecule has 0 saturated heterocycles. The molecule has 4 N–H and O–H groups in total. The van der Waals surface area contributed by atoms with E-state index in [4.69, 9.17) is 18.0 Å². The first-order chi connectivity index (χ1) is 9.54. The number of hydrazone groups is 1. The smallest absolute Gasteiger partial charge is 0.258 e. The zero-order valence-electron chi connectivity index (χ0n) is 11.1. The first kappa shape index (κ1) is 14.5. The van der Waals surface area contributed by atoms with Crippen LogP contribution in [0.25, 0.3) is 10.9 Å². The predicted octanol–water partition coefficient (Wildman–Crippen LogP) is 1.81. The van der Waals surface area contributed by atoms with E-state index in [1.165, 1.54) is 11.8 Å². The van der Waals surface area contributed by atoms with Gasteiger partial charge in [-0.25, -0.2) is 0 Å². The number of aromatic nitrogens is 1. The average Bonchev–Trinajstić information content (AvgIpc) is 2.43. The van der Waals surface area contributed by atoms with E-state index < -0.39 is 0 Å². The number of H-pyrrole nitrogens is 1. The van der Waals surface area contributed by atoms with E-state index in [1.807, 2.05) is 30.5 Å². The van der Waals surface area contributed by atoms with E-state index >= 15 is 0 Å². The van der Waals surface area contributed by atoms with Gasteiger partial charge >= 0.3 is 0 Å². The summed E-state index contributed by atoms with van der Waals surface area (Å²) in [6, 6.07) is 7.66. The molecule has 20 heavy (non-hydrogen) atoms. The Morgan fingerprint density at radius 2 is 2.15 bits per heavy atom. The van der Waals surface area contributed by atoms with Crippen LogP contribution in [0.4, 0.5) is 0 Å². The van der Waals surface area contributed by atoms with Crippen LogP contribution in [0.1, 0.15) is 12.5 Å².